The van der Waals surface area contributed by atoms with Crippen LogP contribution in [-0.2, 0) is 4.79 Å². The van der Waals surface area contributed by atoms with E-state index in [0.717, 1.165) is 11.1 Å². The molecule has 2 N–H and O–H groups in total. The summed E-state index contributed by atoms with van der Waals surface area (Å²) in [5.74, 6) is 0.341. The normalized spacial score (nSPS) is 9.93. The standard InChI is InChI=1S/C11H15NO2/c1-8-3-4-10(9(2)7-8)14-11(13)5-6-12/h3-4,7H,5-6,12H2,1-2H3. The number of carbonyl (C=O) groups excluding carboxylic acids is 1. The summed E-state index contributed by atoms with van der Waals surface area (Å²) in [6.07, 6.45) is 0.257. The molecule has 0 unspecified atom stereocenters. The summed E-state index contributed by atoms with van der Waals surface area (Å²) in [5.41, 5.74) is 7.37. The summed E-state index contributed by atoms with van der Waals surface area (Å²) in [4.78, 5) is 11.1. The summed E-state index contributed by atoms with van der Waals surface area (Å²) >= 11 is 0. The topological polar surface area (TPSA) is 52.3 Å². The Labute approximate surface area is 83.9 Å². The van der Waals surface area contributed by atoms with Gasteiger partial charge in [0.2, 0.25) is 0 Å². The van der Waals surface area contributed by atoms with Gasteiger partial charge in [-0.2, -0.15) is 0 Å². The van der Waals surface area contributed by atoms with E-state index in [1.165, 1.54) is 0 Å². The van der Waals surface area contributed by atoms with Gasteiger partial charge in [-0.1, -0.05) is 17.7 Å². The highest BCUT2D eigenvalue weighted by molar-refractivity contribution is 5.72. The van der Waals surface area contributed by atoms with E-state index in [9.17, 15) is 4.79 Å². The third-order valence-corrected chi connectivity index (χ3v) is 1.90. The smallest absolute Gasteiger partial charge is 0.312 e. The summed E-state index contributed by atoms with van der Waals surface area (Å²) in [6, 6.07) is 5.70. The van der Waals surface area contributed by atoms with Crippen LogP contribution < -0.4 is 10.5 Å². The van der Waals surface area contributed by atoms with Gasteiger partial charge in [0.1, 0.15) is 5.75 Å². The van der Waals surface area contributed by atoms with Gasteiger partial charge in [-0.25, -0.2) is 0 Å². The van der Waals surface area contributed by atoms with Crippen LogP contribution in [0.5, 0.6) is 5.75 Å². The molecule has 0 saturated carbocycles. The second-order valence-electron chi connectivity index (χ2n) is 3.28. The lowest BCUT2D eigenvalue weighted by Gasteiger charge is -2.07. The largest absolute Gasteiger partial charge is 0.426 e. The van der Waals surface area contributed by atoms with Crippen LogP contribution in [0.1, 0.15) is 17.5 Å². The van der Waals surface area contributed by atoms with Crippen molar-refractivity contribution in [3.05, 3.63) is 29.3 Å². The van der Waals surface area contributed by atoms with Crippen LogP contribution in [0.15, 0.2) is 18.2 Å². The van der Waals surface area contributed by atoms with Gasteiger partial charge in [-0.15, -0.1) is 0 Å². The first-order valence-corrected chi connectivity index (χ1v) is 4.61. The Bertz CT molecular complexity index is 334. The van der Waals surface area contributed by atoms with Crippen LogP contribution >= 0.6 is 0 Å². The zero-order valence-electron chi connectivity index (χ0n) is 8.54. The molecule has 0 aliphatic heterocycles. The fourth-order valence-electron chi connectivity index (χ4n) is 1.21. The number of nitrogens with two attached hydrogens (primary N) is 1. The molecule has 3 heteroatoms. The zero-order chi connectivity index (χ0) is 10.6. The number of carbonyl (C=O) groups is 1. The van der Waals surface area contributed by atoms with Gasteiger partial charge in [0, 0.05) is 6.54 Å². The first kappa shape index (κ1) is 10.7. The Hall–Kier alpha value is -1.35. The molecule has 1 rings (SSSR count). The molecule has 1 aromatic rings. The number of ether oxygens (including phenoxy) is 1. The van der Waals surface area contributed by atoms with Crippen molar-refractivity contribution in [2.24, 2.45) is 5.73 Å². The van der Waals surface area contributed by atoms with Crippen LogP contribution in [0.25, 0.3) is 0 Å². The Balaban J connectivity index is 2.72. The third kappa shape index (κ3) is 2.85. The number of benzene rings is 1. The van der Waals surface area contributed by atoms with E-state index in [1.807, 2.05) is 26.0 Å². The number of hydrogen-bond donors (Lipinski definition) is 1. The van der Waals surface area contributed by atoms with Gasteiger partial charge in [0.25, 0.3) is 0 Å². The third-order valence-electron chi connectivity index (χ3n) is 1.90. The summed E-state index contributed by atoms with van der Waals surface area (Å²) < 4.78 is 5.12. The van der Waals surface area contributed by atoms with E-state index >= 15 is 0 Å². The molecule has 0 heterocycles. The molecule has 76 valence electrons. The quantitative estimate of drug-likeness (QED) is 0.585. The Kier molecular flexibility index (Phi) is 3.65. The maximum Gasteiger partial charge on any atom is 0.312 e. The van der Waals surface area contributed by atoms with Crippen molar-refractivity contribution in [2.45, 2.75) is 20.3 Å². The maximum absolute atomic E-state index is 11.1. The van der Waals surface area contributed by atoms with Crippen molar-refractivity contribution < 1.29 is 9.53 Å². The van der Waals surface area contributed by atoms with E-state index < -0.39 is 0 Å². The van der Waals surface area contributed by atoms with Gasteiger partial charge < -0.3 is 10.5 Å². The SMILES string of the molecule is Cc1ccc(OC(=O)CCN)c(C)c1. The number of esters is 1. The highest BCUT2D eigenvalue weighted by atomic mass is 16.5. The molecule has 0 saturated heterocycles. The van der Waals surface area contributed by atoms with E-state index in [2.05, 4.69) is 0 Å². The highest BCUT2D eigenvalue weighted by Gasteiger charge is 2.05. The average Bonchev–Trinajstić information content (AvgIpc) is 2.10. The molecule has 0 spiro atoms. The second kappa shape index (κ2) is 4.77. The molecule has 3 nitrogen and oxygen atoms in total. The molecule has 0 aliphatic carbocycles. The van der Waals surface area contributed by atoms with Crippen molar-refractivity contribution in [1.82, 2.24) is 0 Å². The fraction of sp³-hybridized carbons (Fsp3) is 0.364. The van der Waals surface area contributed by atoms with Crippen molar-refractivity contribution in [1.29, 1.82) is 0 Å². The van der Waals surface area contributed by atoms with E-state index in [-0.39, 0.29) is 12.4 Å². The van der Waals surface area contributed by atoms with E-state index in [0.29, 0.717) is 12.3 Å². The molecule has 14 heavy (non-hydrogen) atoms. The molecule has 0 fully saturated rings. The van der Waals surface area contributed by atoms with Crippen molar-refractivity contribution in [3.8, 4) is 5.75 Å². The second-order valence-corrected chi connectivity index (χ2v) is 3.28. The minimum Gasteiger partial charge on any atom is -0.426 e. The molecular weight excluding hydrogens is 178 g/mol. The maximum atomic E-state index is 11.1. The molecule has 0 aliphatic rings. The molecule has 0 radical (unpaired) electrons. The van der Waals surface area contributed by atoms with Gasteiger partial charge in [0.05, 0.1) is 6.42 Å². The van der Waals surface area contributed by atoms with Crippen LogP contribution in [0.2, 0.25) is 0 Å². The predicted octanol–water partition coefficient (Wildman–Crippen LogP) is 1.56. The molecule has 0 bridgehead atoms. The minimum absolute atomic E-state index is 0.257. The molecule has 1 aromatic carbocycles. The average molecular weight is 193 g/mol. The molecule has 0 atom stereocenters. The van der Waals surface area contributed by atoms with E-state index in [1.54, 1.807) is 6.07 Å². The summed E-state index contributed by atoms with van der Waals surface area (Å²) in [7, 11) is 0. The van der Waals surface area contributed by atoms with Gasteiger partial charge in [-0.3, -0.25) is 4.79 Å². The lowest BCUT2D eigenvalue weighted by Crippen LogP contribution is -2.14. The first-order valence-electron chi connectivity index (χ1n) is 4.61. The molecular formula is C11H15NO2. The number of aryl methyl sites for hydroxylation is 2. The highest BCUT2D eigenvalue weighted by Crippen LogP contribution is 2.18. The predicted molar refractivity (Wildman–Crippen MR) is 55.2 cm³/mol. The van der Waals surface area contributed by atoms with Gasteiger partial charge in [0.15, 0.2) is 0 Å². The van der Waals surface area contributed by atoms with Crippen LogP contribution in [0, 0.1) is 13.8 Å². The van der Waals surface area contributed by atoms with Gasteiger partial charge in [-0.05, 0) is 25.5 Å². The number of rotatable bonds is 3. The fourth-order valence-corrected chi connectivity index (χ4v) is 1.21. The van der Waals surface area contributed by atoms with Crippen molar-refractivity contribution >= 4 is 5.97 Å². The molecule has 0 aromatic heterocycles. The molecule has 0 amide bonds. The van der Waals surface area contributed by atoms with E-state index in [4.69, 9.17) is 10.5 Å². The van der Waals surface area contributed by atoms with Crippen molar-refractivity contribution in [3.63, 3.8) is 0 Å². The summed E-state index contributed by atoms with van der Waals surface area (Å²) in [6.45, 7) is 4.24. The Morgan fingerprint density at radius 3 is 2.71 bits per heavy atom. The monoisotopic (exact) mass is 193 g/mol. The Morgan fingerprint density at radius 1 is 1.43 bits per heavy atom. The lowest BCUT2D eigenvalue weighted by molar-refractivity contribution is -0.134. The Morgan fingerprint density at radius 2 is 2.14 bits per heavy atom. The van der Waals surface area contributed by atoms with Crippen LogP contribution in [0.4, 0.5) is 0 Å². The van der Waals surface area contributed by atoms with Crippen LogP contribution in [-0.4, -0.2) is 12.5 Å². The lowest BCUT2D eigenvalue weighted by atomic mass is 10.1. The van der Waals surface area contributed by atoms with Crippen molar-refractivity contribution in [2.75, 3.05) is 6.54 Å². The van der Waals surface area contributed by atoms with Gasteiger partial charge >= 0.3 is 5.97 Å². The van der Waals surface area contributed by atoms with Crippen LogP contribution in [0.3, 0.4) is 0 Å². The minimum atomic E-state index is -0.278. The number of hydrogen-bond acceptors (Lipinski definition) is 3. The first-order chi connectivity index (χ1) is 6.63. The zero-order valence-corrected chi connectivity index (χ0v) is 8.54. The summed E-state index contributed by atoms with van der Waals surface area (Å²) in [5, 5.41) is 0.